The highest BCUT2D eigenvalue weighted by atomic mass is 16.4. The van der Waals surface area contributed by atoms with E-state index in [1.54, 1.807) is 18.2 Å². The summed E-state index contributed by atoms with van der Waals surface area (Å²) in [6.45, 7) is 3.89. The van der Waals surface area contributed by atoms with Crippen LogP contribution in [0.2, 0.25) is 0 Å². The van der Waals surface area contributed by atoms with E-state index in [-0.39, 0.29) is 35.5 Å². The smallest absolute Gasteiger partial charge is 0.303 e. The molecule has 2 fully saturated rings. The molecule has 2 amide bonds. The number of hydrogen-bond donors (Lipinski definition) is 1. The third-order valence-electron chi connectivity index (χ3n) is 4.60. The molecule has 1 heterocycles. The fourth-order valence-electron chi connectivity index (χ4n) is 3.30. The molecule has 110 valence electrons. The molecule has 0 spiro atoms. The van der Waals surface area contributed by atoms with Gasteiger partial charge >= 0.3 is 5.97 Å². The highest BCUT2D eigenvalue weighted by molar-refractivity contribution is 6.25. The van der Waals surface area contributed by atoms with Crippen molar-refractivity contribution in [1.29, 1.82) is 0 Å². The van der Waals surface area contributed by atoms with Crippen LogP contribution in [0.15, 0.2) is 24.3 Å². The molecule has 0 aromatic heterocycles. The number of rotatable bonds is 4. The maximum Gasteiger partial charge on any atom is 0.303 e. The topological polar surface area (TPSA) is 74.7 Å². The Bertz CT molecular complexity index is 625. The van der Waals surface area contributed by atoms with Crippen molar-refractivity contribution in [2.75, 3.05) is 4.90 Å². The lowest BCUT2D eigenvalue weighted by atomic mass is 10.0. The number of carboxylic acids is 1. The number of carbonyl (C=O) groups is 3. The van der Waals surface area contributed by atoms with Gasteiger partial charge < -0.3 is 5.11 Å². The molecular weight excluding hydrogens is 270 g/mol. The van der Waals surface area contributed by atoms with Gasteiger partial charge in [0.15, 0.2) is 0 Å². The molecular formula is C16H17NO4. The number of imide groups is 1. The molecule has 0 bridgehead atoms. The molecule has 5 nitrogen and oxygen atoms in total. The van der Waals surface area contributed by atoms with Crippen LogP contribution < -0.4 is 4.90 Å². The monoisotopic (exact) mass is 287 g/mol. The van der Waals surface area contributed by atoms with E-state index in [2.05, 4.69) is 0 Å². The molecule has 3 rings (SSSR count). The Morgan fingerprint density at radius 3 is 2.43 bits per heavy atom. The lowest BCUT2D eigenvalue weighted by molar-refractivity contribution is -0.137. The average molecular weight is 287 g/mol. The number of piperidine rings is 1. The lowest BCUT2D eigenvalue weighted by Gasteiger charge is -2.21. The van der Waals surface area contributed by atoms with Crippen LogP contribution in [0.1, 0.15) is 25.8 Å². The average Bonchev–Trinajstić information content (AvgIpc) is 2.87. The number of nitrogens with zero attached hydrogens (tertiary/aromatic N) is 1. The highest BCUT2D eigenvalue weighted by Crippen LogP contribution is 2.63. The maximum atomic E-state index is 12.4. The van der Waals surface area contributed by atoms with Crippen LogP contribution in [0, 0.1) is 17.3 Å². The number of carboxylic acid groups (broad SMARTS) is 1. The van der Waals surface area contributed by atoms with Crippen molar-refractivity contribution in [3.8, 4) is 0 Å². The minimum absolute atomic E-state index is 0.0314. The number of anilines is 1. The first-order valence-corrected chi connectivity index (χ1v) is 7.02. The zero-order valence-electron chi connectivity index (χ0n) is 12.0. The Labute approximate surface area is 122 Å². The quantitative estimate of drug-likeness (QED) is 0.858. The van der Waals surface area contributed by atoms with Gasteiger partial charge in [0.1, 0.15) is 0 Å². The van der Waals surface area contributed by atoms with Crippen LogP contribution in [0.3, 0.4) is 0 Å². The van der Waals surface area contributed by atoms with Crippen LogP contribution in [-0.4, -0.2) is 22.9 Å². The van der Waals surface area contributed by atoms with E-state index in [4.69, 9.17) is 5.11 Å². The molecule has 21 heavy (non-hydrogen) atoms. The summed E-state index contributed by atoms with van der Waals surface area (Å²) in [4.78, 5) is 36.6. The van der Waals surface area contributed by atoms with Gasteiger partial charge in [0.25, 0.3) is 0 Å². The van der Waals surface area contributed by atoms with Crippen molar-refractivity contribution in [3.05, 3.63) is 29.8 Å². The molecule has 2 atom stereocenters. The fourth-order valence-corrected chi connectivity index (χ4v) is 3.30. The molecule has 1 aromatic rings. The van der Waals surface area contributed by atoms with Gasteiger partial charge in [-0.1, -0.05) is 26.0 Å². The first-order valence-electron chi connectivity index (χ1n) is 7.02. The normalized spacial score (nSPS) is 25.9. The summed E-state index contributed by atoms with van der Waals surface area (Å²) >= 11 is 0. The maximum absolute atomic E-state index is 12.4. The summed E-state index contributed by atoms with van der Waals surface area (Å²) < 4.78 is 0. The van der Waals surface area contributed by atoms with Crippen LogP contribution in [0.4, 0.5) is 5.69 Å². The molecule has 1 saturated carbocycles. The standard InChI is InChI=1S/C16H17NO4/c1-16(2)12-13(16)15(21)17(14(12)20)10-5-3-4-9(8-10)6-7-11(18)19/h3-5,8,12-13H,6-7H2,1-2H3,(H,18,19). The van der Waals surface area contributed by atoms with Gasteiger partial charge in [-0.2, -0.15) is 0 Å². The molecule has 1 aromatic carbocycles. The van der Waals surface area contributed by atoms with Crippen molar-refractivity contribution < 1.29 is 19.5 Å². The number of aliphatic carboxylic acids is 1. The van der Waals surface area contributed by atoms with Gasteiger partial charge in [-0.25, -0.2) is 0 Å². The minimum Gasteiger partial charge on any atom is -0.481 e. The molecule has 1 N–H and O–H groups in total. The van der Waals surface area contributed by atoms with Crippen LogP contribution in [-0.2, 0) is 20.8 Å². The molecule has 0 radical (unpaired) electrons. The number of fused-ring (bicyclic) bond motifs is 1. The second-order valence-corrected chi connectivity index (χ2v) is 6.35. The van der Waals surface area contributed by atoms with Gasteiger partial charge in [0.2, 0.25) is 11.8 Å². The first kappa shape index (κ1) is 13.8. The zero-order valence-corrected chi connectivity index (χ0v) is 12.0. The van der Waals surface area contributed by atoms with Gasteiger partial charge in [-0.3, -0.25) is 19.3 Å². The van der Waals surface area contributed by atoms with Crippen molar-refractivity contribution in [1.82, 2.24) is 0 Å². The van der Waals surface area contributed by atoms with Crippen molar-refractivity contribution >= 4 is 23.5 Å². The summed E-state index contributed by atoms with van der Waals surface area (Å²) in [5, 5.41) is 8.72. The Morgan fingerprint density at radius 1 is 1.24 bits per heavy atom. The molecule has 2 aliphatic rings. The molecule has 1 aliphatic heterocycles. The van der Waals surface area contributed by atoms with E-state index < -0.39 is 5.97 Å². The number of carbonyl (C=O) groups excluding carboxylic acids is 2. The van der Waals surface area contributed by atoms with Crippen LogP contribution >= 0.6 is 0 Å². The Kier molecular flexibility index (Phi) is 2.90. The summed E-state index contributed by atoms with van der Waals surface area (Å²) in [5.74, 6) is -1.53. The Balaban J connectivity index is 1.82. The third-order valence-corrected chi connectivity index (χ3v) is 4.60. The number of aryl methyl sites for hydroxylation is 1. The largest absolute Gasteiger partial charge is 0.481 e. The van der Waals surface area contributed by atoms with E-state index in [1.165, 1.54) is 4.90 Å². The zero-order chi connectivity index (χ0) is 15.4. The summed E-state index contributed by atoms with van der Waals surface area (Å²) in [7, 11) is 0. The number of hydrogen-bond acceptors (Lipinski definition) is 3. The molecule has 2 unspecified atom stereocenters. The summed E-state index contributed by atoms with van der Waals surface area (Å²) in [6.07, 6.45) is 0.418. The van der Waals surface area contributed by atoms with Gasteiger partial charge in [0, 0.05) is 6.42 Å². The summed E-state index contributed by atoms with van der Waals surface area (Å²) in [5.41, 5.74) is 1.15. The number of amides is 2. The van der Waals surface area contributed by atoms with Crippen LogP contribution in [0.5, 0.6) is 0 Å². The third kappa shape index (κ3) is 2.04. The predicted octanol–water partition coefficient (Wildman–Crippen LogP) is 1.85. The Morgan fingerprint density at radius 2 is 1.86 bits per heavy atom. The SMILES string of the molecule is CC1(C)C2C(=O)N(c3cccc(CCC(=O)O)c3)C(=O)C21. The van der Waals surface area contributed by atoms with Gasteiger partial charge in [-0.05, 0) is 29.5 Å². The number of benzene rings is 1. The molecule has 5 heteroatoms. The van der Waals surface area contributed by atoms with E-state index in [1.807, 2.05) is 19.9 Å². The van der Waals surface area contributed by atoms with E-state index in [9.17, 15) is 14.4 Å². The lowest BCUT2D eigenvalue weighted by Crippen LogP contribution is -2.36. The molecule has 1 aliphatic carbocycles. The second-order valence-electron chi connectivity index (χ2n) is 6.35. The van der Waals surface area contributed by atoms with Crippen molar-refractivity contribution in [3.63, 3.8) is 0 Å². The summed E-state index contributed by atoms with van der Waals surface area (Å²) in [6, 6.07) is 7.01. The Hall–Kier alpha value is -2.17. The van der Waals surface area contributed by atoms with E-state index in [0.29, 0.717) is 12.1 Å². The first-order chi connectivity index (χ1) is 9.84. The predicted molar refractivity (Wildman–Crippen MR) is 75.7 cm³/mol. The minimum atomic E-state index is -0.864. The van der Waals surface area contributed by atoms with E-state index in [0.717, 1.165) is 5.56 Å². The fraction of sp³-hybridized carbons (Fsp3) is 0.438. The van der Waals surface area contributed by atoms with Crippen LogP contribution in [0.25, 0.3) is 0 Å². The highest BCUT2D eigenvalue weighted by Gasteiger charge is 2.72. The van der Waals surface area contributed by atoms with E-state index >= 15 is 0 Å². The van der Waals surface area contributed by atoms with Crippen molar-refractivity contribution in [2.45, 2.75) is 26.7 Å². The molecule has 1 saturated heterocycles. The van der Waals surface area contributed by atoms with Crippen molar-refractivity contribution in [2.24, 2.45) is 17.3 Å². The van der Waals surface area contributed by atoms with Gasteiger partial charge in [0.05, 0.1) is 17.5 Å². The van der Waals surface area contributed by atoms with Gasteiger partial charge in [-0.15, -0.1) is 0 Å². The second kappa shape index (κ2) is 4.41.